The molecule has 7 fully saturated rings. The lowest BCUT2D eigenvalue weighted by Crippen LogP contribution is -2.50. The quantitative estimate of drug-likeness (QED) is 0.0163. The van der Waals surface area contributed by atoms with Crippen molar-refractivity contribution in [2.45, 2.75) is 189 Å². The van der Waals surface area contributed by atoms with Gasteiger partial charge in [0.2, 0.25) is 0 Å². The number of nitrogens with one attached hydrogen (secondary N) is 3. The highest BCUT2D eigenvalue weighted by Gasteiger charge is 2.70. The summed E-state index contributed by atoms with van der Waals surface area (Å²) in [5, 5.41) is 11.8. The Morgan fingerprint density at radius 3 is 1.55 bits per heavy atom. The summed E-state index contributed by atoms with van der Waals surface area (Å²) in [6.07, 6.45) is -22.1. The molecule has 8 aliphatic rings. The number of hydrogen-bond acceptors (Lipinski definition) is 39. The number of amidine groups is 1. The summed E-state index contributed by atoms with van der Waals surface area (Å²) in [7, 11) is -7.12. The lowest BCUT2D eigenvalue weighted by atomic mass is 9.91. The maximum absolute atomic E-state index is 15.2. The molecule has 8 aliphatic heterocycles. The standard InChI is InChI=1S/C65H92N14O34P4S2/c1-12-64-33(6)103-46(59(108-64)78-22-32(5)55(83)74-63(78)86)48(64)112-114(87,88)99-24-37-41(44(97-17-14-94-10)57(106-37)76-20-30(3)53(81)72-61(76)84)110-115(89,90)102-26-65-34(7)104-47(60(109-65)79-28-70-39-51(67)68-27-69-52(39)79)49(65)113-117(92,119)101-25-38-42(45(98-18-15-95-11)58(107-38)77-21-31(4)54(82)73-62(77)85)111-116(91,118)100-23-36-40(80)43(96-16-13-93-9)56(105-36)75-19-29(2)50(66)71-35(75)8/h19-22,27-28,33-34,36-38,40-49,56-60,80H,8,12-18,23-26H2,1-7,9-11H3,(H2,66,71)(H,87,88)(H,89,90)(H,91,118)(H,92,119)(H2,67,68,69)(H,72,81,84)(H,73,82,85)(H,74,83,86)/t33-,34-,36+,37+,38+,40?,41?,42?,43-,44-,45-,46-,47-,48?,49?,56+,57+,58+,59+,60+,64-,65-,116?,117?/m0/s1. The van der Waals surface area contributed by atoms with Crippen LogP contribution in [0.4, 0.5) is 5.82 Å². The smallest absolute Gasteiger partial charge is 0.387 e. The number of H-pyrrole nitrogens is 3. The first kappa shape index (κ1) is 90.6. The number of rotatable bonds is 38. The number of ether oxygens (including phenoxy) is 13. The summed E-state index contributed by atoms with van der Waals surface area (Å²) in [4.78, 5) is 153. The maximum Gasteiger partial charge on any atom is 0.472 e. The normalized spacial score (nSPS) is 33.8. The predicted octanol–water partition coefficient (Wildman–Crippen LogP) is -1.23. The van der Waals surface area contributed by atoms with E-state index in [1.165, 1.54) is 71.0 Å². The van der Waals surface area contributed by atoms with Gasteiger partial charge in [-0.25, -0.2) is 43.5 Å². The monoisotopic (exact) mass is 1800 g/mol. The molecule has 0 radical (unpaired) electrons. The molecule has 0 aromatic carbocycles. The van der Waals surface area contributed by atoms with E-state index in [0.717, 1.165) is 32.4 Å². The van der Waals surface area contributed by atoms with E-state index >= 15 is 4.57 Å². The van der Waals surface area contributed by atoms with Crippen molar-refractivity contribution in [3.05, 3.63) is 135 Å². The van der Waals surface area contributed by atoms with Crippen LogP contribution in [0.2, 0.25) is 0 Å². The molecule has 13 heterocycles. The highest BCUT2D eigenvalue weighted by atomic mass is 32.5. The molecule has 7 saturated heterocycles. The summed E-state index contributed by atoms with van der Waals surface area (Å²) < 4.78 is 162. The average molecular weight is 1800 g/mol. The van der Waals surface area contributed by atoms with Gasteiger partial charge >= 0.3 is 46.2 Å². The second kappa shape index (κ2) is 36.2. The Morgan fingerprint density at radius 2 is 1.01 bits per heavy atom. The Bertz CT molecular complexity index is 5250. The van der Waals surface area contributed by atoms with Gasteiger partial charge in [-0.3, -0.25) is 74.7 Å². The summed E-state index contributed by atoms with van der Waals surface area (Å²) in [6.45, 7) is 0.419. The SMILES string of the molecule is C=C1N=C(N)C(C)=CN1[C@@H]1O[C@H](COP(O)(=S)OC2[C@@H](COP(O)(=S)OC3[C@@H]4O[C@@H](C)[C@]3(COP(=O)(O)OC3[C@@H](COP(=O)(O)OC5[C@@H]6O[C@@H](C)[C@]5(CC)O[C@H]6n5cc(C)c(=O)[nH]c5=O)O[C@@H](n5cc(C)c(=O)[nH]c5=O)[C@H]3OCCOC)O[C@H]4n3cnc4c(N)ncnc43)O[C@@H](n3cc(C)c(=O)[nH]c3=O)[C@H]2OCCOC)C(O)[C@@H]1OCCOC. The average Bonchev–Trinajstić information content (AvgIpc) is 1.55. The van der Waals surface area contributed by atoms with Crippen LogP contribution < -0.4 is 45.2 Å². The number of phosphoric acid groups is 2. The number of aromatic nitrogens is 10. The number of methoxy groups -OCH3 is 3. The molecule has 54 heteroatoms. The molecule has 119 heavy (non-hydrogen) atoms. The molecule has 0 aliphatic carbocycles. The number of aryl methyl sites for hydroxylation is 3. The predicted molar refractivity (Wildman–Crippen MR) is 412 cm³/mol. The number of imidazole rings is 1. The van der Waals surface area contributed by atoms with Crippen LogP contribution in [0.3, 0.4) is 0 Å². The Balaban J connectivity index is 0.785. The second-order valence-electron chi connectivity index (χ2n) is 28.8. The van der Waals surface area contributed by atoms with Gasteiger partial charge in [-0.15, -0.1) is 0 Å². The molecule has 13 rings (SSSR count). The molecule has 0 amide bonds. The van der Waals surface area contributed by atoms with Gasteiger partial charge in [-0.2, -0.15) is 0 Å². The van der Waals surface area contributed by atoms with Gasteiger partial charge in [0, 0.05) is 68.4 Å². The fourth-order valence-electron chi connectivity index (χ4n) is 15.2. The van der Waals surface area contributed by atoms with Crippen molar-refractivity contribution in [3.8, 4) is 0 Å². The Morgan fingerprint density at radius 1 is 0.555 bits per heavy atom. The highest BCUT2D eigenvalue weighted by Crippen LogP contribution is 2.62. The van der Waals surface area contributed by atoms with E-state index in [4.69, 9.17) is 133 Å². The number of aliphatic hydroxyl groups excluding tert-OH is 1. The van der Waals surface area contributed by atoms with Crippen LogP contribution in [0.5, 0.6) is 0 Å². The van der Waals surface area contributed by atoms with Crippen molar-refractivity contribution < 1.29 is 132 Å². The number of aliphatic imine (C=N–C) groups is 1. The molecular formula is C65H92N14O34P4S2. The van der Waals surface area contributed by atoms with E-state index in [-0.39, 0.29) is 91.4 Å². The van der Waals surface area contributed by atoms with Gasteiger partial charge in [-0.05, 0) is 71.6 Å². The summed E-state index contributed by atoms with van der Waals surface area (Å²) in [5.74, 6) is 0.248. The number of phosphoric ester groups is 2. The third-order valence-corrected chi connectivity index (χ3v) is 26.3. The van der Waals surface area contributed by atoms with E-state index in [0.29, 0.717) is 5.57 Å². The lowest BCUT2D eigenvalue weighted by molar-refractivity contribution is -0.215. The first-order valence-corrected chi connectivity index (χ1v) is 45.1. The molecule has 9 unspecified atom stereocenters. The van der Waals surface area contributed by atoms with Crippen LogP contribution in [0.1, 0.15) is 75.7 Å². The van der Waals surface area contributed by atoms with Crippen LogP contribution in [0.15, 0.2) is 89.2 Å². The largest absolute Gasteiger partial charge is 0.472 e. The van der Waals surface area contributed by atoms with Crippen LogP contribution >= 0.6 is 29.1 Å². The van der Waals surface area contributed by atoms with Crippen LogP contribution in [-0.4, -0.2) is 280 Å². The Labute approximate surface area is 684 Å². The highest BCUT2D eigenvalue weighted by molar-refractivity contribution is 8.07. The Kier molecular flexibility index (Phi) is 27.6. The number of nitrogens with two attached hydrogens (primary N) is 2. The number of fused-ring (bicyclic) bond motifs is 5. The minimum atomic E-state index is -5.80. The zero-order valence-electron chi connectivity index (χ0n) is 65.4. The van der Waals surface area contributed by atoms with E-state index in [2.05, 4.69) is 41.5 Å². The fourth-order valence-corrected chi connectivity index (χ4v) is 20.0. The van der Waals surface area contributed by atoms with E-state index < -0.39 is 223 Å². The van der Waals surface area contributed by atoms with E-state index in [9.17, 15) is 58.0 Å². The number of aromatic amines is 3. The number of hydrogen-bond donors (Lipinski definition) is 10. The molecule has 4 bridgehead atoms. The maximum atomic E-state index is 15.2. The van der Waals surface area contributed by atoms with Gasteiger partial charge in [0.15, 0.2) is 42.6 Å². The summed E-state index contributed by atoms with van der Waals surface area (Å²) >= 11 is 11.5. The minimum Gasteiger partial charge on any atom is -0.387 e. The third kappa shape index (κ3) is 18.5. The number of nitrogens with zero attached hydrogens (tertiary/aromatic N) is 9. The van der Waals surface area contributed by atoms with Crippen molar-refractivity contribution in [1.82, 2.24) is 53.1 Å². The number of aliphatic hydroxyl groups is 1. The number of nitrogen functional groups attached to an aromatic ring is 1. The molecule has 0 spiro atoms. The molecule has 658 valence electrons. The van der Waals surface area contributed by atoms with Gasteiger partial charge in [0.05, 0.1) is 84.6 Å². The van der Waals surface area contributed by atoms with Crippen LogP contribution in [0, 0.1) is 20.8 Å². The number of anilines is 1. The molecule has 48 nitrogen and oxygen atoms in total. The van der Waals surface area contributed by atoms with Crippen molar-refractivity contribution in [1.29, 1.82) is 0 Å². The van der Waals surface area contributed by atoms with E-state index in [1.807, 2.05) is 0 Å². The van der Waals surface area contributed by atoms with Crippen molar-refractivity contribution >= 4 is 75.5 Å². The van der Waals surface area contributed by atoms with Gasteiger partial charge in [0.25, 0.3) is 16.7 Å². The Hall–Kier alpha value is -6.14. The van der Waals surface area contributed by atoms with Crippen LogP contribution in [0.25, 0.3) is 11.2 Å². The molecular weight excluding hydrogens is 1710 g/mol. The molecule has 5 aromatic rings. The first-order chi connectivity index (χ1) is 56.3. The van der Waals surface area contributed by atoms with Gasteiger partial charge in [0.1, 0.15) is 114 Å². The zero-order chi connectivity index (χ0) is 85.9. The second-order valence-corrected chi connectivity index (χ2v) is 37.2. The van der Waals surface area contributed by atoms with Crippen LogP contribution in [-0.2, 0) is 131 Å². The van der Waals surface area contributed by atoms with Crippen molar-refractivity contribution in [3.63, 3.8) is 0 Å². The minimum absolute atomic E-state index is 0.00989. The van der Waals surface area contributed by atoms with Crippen molar-refractivity contribution in [2.24, 2.45) is 10.7 Å². The van der Waals surface area contributed by atoms with Gasteiger partial charge in [-0.1, -0.05) is 13.5 Å². The summed E-state index contributed by atoms with van der Waals surface area (Å²) in [6, 6.07) is 0. The van der Waals surface area contributed by atoms with Crippen molar-refractivity contribution in [2.75, 3.05) is 93.1 Å². The van der Waals surface area contributed by atoms with Gasteiger partial charge < -0.3 is 112 Å². The van der Waals surface area contributed by atoms with E-state index in [1.54, 1.807) is 27.0 Å². The lowest BCUT2D eigenvalue weighted by Gasteiger charge is -2.37. The summed E-state index contributed by atoms with van der Waals surface area (Å²) in [5.41, 5.74) is 4.13. The third-order valence-electron chi connectivity index (χ3n) is 21.3. The molecule has 5 aromatic heterocycles. The first-order valence-electron chi connectivity index (χ1n) is 36.9. The molecule has 12 N–H and O–H groups in total. The fraction of sp³-hybridized carbons (Fsp3) is 0.662. The topological polar surface area (TPSA) is 605 Å². The zero-order valence-corrected chi connectivity index (χ0v) is 70.6. The molecule has 26 atom stereocenters. The molecule has 0 saturated carbocycles.